The fraction of sp³-hybridized carbons (Fsp3) is 0.731. The quantitative estimate of drug-likeness (QED) is 0.750. The molecule has 30 heavy (non-hydrogen) atoms. The van der Waals surface area contributed by atoms with Crippen molar-refractivity contribution in [2.75, 3.05) is 32.7 Å². The van der Waals surface area contributed by atoms with E-state index >= 15 is 0 Å². The fourth-order valence-electron chi connectivity index (χ4n) is 6.63. The van der Waals surface area contributed by atoms with Gasteiger partial charge in [0.1, 0.15) is 0 Å². The molecule has 1 aliphatic carbocycles. The number of aryl methyl sites for hydroxylation is 1. The minimum Gasteiger partial charge on any atom is -0.339 e. The minimum atomic E-state index is 0.293. The lowest BCUT2D eigenvalue weighted by atomic mass is 9.90. The lowest BCUT2D eigenvalue weighted by Gasteiger charge is -2.42. The van der Waals surface area contributed by atoms with Gasteiger partial charge in [0.25, 0.3) is 0 Å². The Bertz CT molecular complexity index is 734. The van der Waals surface area contributed by atoms with Gasteiger partial charge >= 0.3 is 0 Å². The number of amides is 1. The van der Waals surface area contributed by atoms with Crippen molar-refractivity contribution in [1.29, 1.82) is 0 Å². The lowest BCUT2D eigenvalue weighted by Crippen LogP contribution is -2.49. The molecule has 1 amide bonds. The first-order valence-electron chi connectivity index (χ1n) is 12.5. The Morgan fingerprint density at radius 2 is 1.70 bits per heavy atom. The van der Waals surface area contributed by atoms with Crippen LogP contribution in [0.5, 0.6) is 0 Å². The zero-order chi connectivity index (χ0) is 20.5. The molecule has 4 aliphatic rings. The third-order valence-electron chi connectivity index (χ3n) is 8.54. The van der Waals surface area contributed by atoms with Gasteiger partial charge in [-0.3, -0.25) is 9.69 Å². The second-order valence-corrected chi connectivity index (χ2v) is 10.4. The van der Waals surface area contributed by atoms with Crippen LogP contribution in [0.2, 0.25) is 0 Å². The highest BCUT2D eigenvalue weighted by Crippen LogP contribution is 2.37. The maximum Gasteiger partial charge on any atom is 0.226 e. The highest BCUT2D eigenvalue weighted by Gasteiger charge is 2.41. The molecular formula is C26H39N3O. The van der Waals surface area contributed by atoms with Gasteiger partial charge in [-0.1, -0.05) is 30.7 Å². The lowest BCUT2D eigenvalue weighted by molar-refractivity contribution is -0.138. The number of piperidine rings is 2. The van der Waals surface area contributed by atoms with Crippen molar-refractivity contribution in [2.45, 2.75) is 76.9 Å². The Balaban J connectivity index is 1.08. The van der Waals surface area contributed by atoms with Gasteiger partial charge in [0.15, 0.2) is 0 Å². The highest BCUT2D eigenvalue weighted by atomic mass is 16.2. The first-order chi connectivity index (χ1) is 14.7. The average Bonchev–Trinajstić information content (AvgIpc) is 3.08. The van der Waals surface area contributed by atoms with Crippen LogP contribution in [0, 0.1) is 18.8 Å². The van der Waals surface area contributed by atoms with E-state index in [0.717, 1.165) is 51.0 Å². The molecule has 4 nitrogen and oxygen atoms in total. The number of carbonyl (C=O) groups excluding carboxylic acids is 1. The van der Waals surface area contributed by atoms with E-state index in [1.54, 1.807) is 0 Å². The fourth-order valence-corrected chi connectivity index (χ4v) is 6.63. The van der Waals surface area contributed by atoms with E-state index in [1.165, 1.54) is 62.7 Å². The van der Waals surface area contributed by atoms with Crippen LogP contribution in [0.15, 0.2) is 24.3 Å². The van der Waals surface area contributed by atoms with Crippen LogP contribution in [0.4, 0.5) is 0 Å². The van der Waals surface area contributed by atoms with E-state index in [4.69, 9.17) is 0 Å². The summed E-state index contributed by atoms with van der Waals surface area (Å²) in [5, 5.41) is 0. The summed E-state index contributed by atoms with van der Waals surface area (Å²) in [5.41, 5.74) is 2.88. The van der Waals surface area contributed by atoms with Crippen molar-refractivity contribution < 1.29 is 4.79 Å². The monoisotopic (exact) mass is 409 g/mol. The number of hydrogen-bond donors (Lipinski definition) is 0. The Morgan fingerprint density at radius 3 is 2.43 bits per heavy atom. The van der Waals surface area contributed by atoms with Crippen molar-refractivity contribution in [2.24, 2.45) is 11.8 Å². The molecule has 0 spiro atoms. The van der Waals surface area contributed by atoms with Crippen LogP contribution < -0.4 is 0 Å². The van der Waals surface area contributed by atoms with Crippen LogP contribution in [-0.4, -0.2) is 65.4 Å². The van der Waals surface area contributed by atoms with Crippen LogP contribution in [0.1, 0.15) is 62.5 Å². The average molecular weight is 410 g/mol. The largest absolute Gasteiger partial charge is 0.339 e. The maximum absolute atomic E-state index is 13.2. The van der Waals surface area contributed by atoms with Gasteiger partial charge in [0, 0.05) is 31.1 Å². The third kappa shape index (κ3) is 4.31. The zero-order valence-electron chi connectivity index (χ0n) is 18.8. The van der Waals surface area contributed by atoms with Gasteiger partial charge in [-0.05, 0) is 95.1 Å². The molecule has 5 rings (SSSR count). The molecule has 1 aromatic rings. The number of likely N-dealkylation sites (tertiary alicyclic amines) is 3. The van der Waals surface area contributed by atoms with E-state index in [-0.39, 0.29) is 0 Å². The molecule has 0 aromatic heterocycles. The predicted molar refractivity (Wildman–Crippen MR) is 121 cm³/mol. The van der Waals surface area contributed by atoms with Gasteiger partial charge in [0.2, 0.25) is 5.91 Å². The number of benzene rings is 1. The Morgan fingerprint density at radius 1 is 0.933 bits per heavy atom. The third-order valence-corrected chi connectivity index (χ3v) is 8.54. The predicted octanol–water partition coefficient (Wildman–Crippen LogP) is 4.07. The molecule has 3 aliphatic heterocycles. The van der Waals surface area contributed by atoms with Gasteiger partial charge < -0.3 is 9.80 Å². The summed E-state index contributed by atoms with van der Waals surface area (Å²) in [6, 6.07) is 10.1. The second kappa shape index (κ2) is 9.00. The Labute approximate surface area is 182 Å². The van der Waals surface area contributed by atoms with Gasteiger partial charge in [-0.15, -0.1) is 0 Å². The first-order valence-corrected chi connectivity index (χ1v) is 12.5. The van der Waals surface area contributed by atoms with Gasteiger partial charge in [-0.2, -0.15) is 0 Å². The number of nitrogens with zero attached hydrogens (tertiary/aromatic N) is 3. The zero-order valence-corrected chi connectivity index (χ0v) is 18.8. The molecule has 2 atom stereocenters. The molecule has 3 saturated heterocycles. The van der Waals surface area contributed by atoms with Crippen LogP contribution >= 0.6 is 0 Å². The van der Waals surface area contributed by atoms with E-state index in [2.05, 4.69) is 45.9 Å². The summed E-state index contributed by atoms with van der Waals surface area (Å²) in [5.74, 6) is 1.59. The summed E-state index contributed by atoms with van der Waals surface area (Å²) >= 11 is 0. The molecule has 0 radical (unpaired) electrons. The van der Waals surface area contributed by atoms with E-state index in [0.29, 0.717) is 17.9 Å². The van der Waals surface area contributed by atoms with Crippen LogP contribution in [0.3, 0.4) is 0 Å². The molecule has 164 valence electrons. The van der Waals surface area contributed by atoms with Crippen molar-refractivity contribution in [3.05, 3.63) is 35.4 Å². The van der Waals surface area contributed by atoms with Gasteiger partial charge in [0.05, 0.1) is 0 Å². The smallest absolute Gasteiger partial charge is 0.226 e. The normalized spacial score (nSPS) is 29.4. The molecule has 4 fully saturated rings. The van der Waals surface area contributed by atoms with E-state index in [9.17, 15) is 4.79 Å². The van der Waals surface area contributed by atoms with Crippen molar-refractivity contribution in [3.8, 4) is 0 Å². The molecule has 0 N–H and O–H groups in total. The second-order valence-electron chi connectivity index (χ2n) is 10.4. The van der Waals surface area contributed by atoms with E-state index < -0.39 is 0 Å². The standard InChI is InChI=1S/C26H39N3O/c1-20-5-2-3-7-23(20)19-27-13-11-24(12-14-27)28-15-9-22(10-16-28)26(30)29-18-21-6-4-8-25(29)17-21/h2-3,5,7,21-22,24-25H,4,6,8-19H2,1H3/t21-,25+/m1/s1. The maximum atomic E-state index is 13.2. The number of carbonyl (C=O) groups is 1. The molecule has 3 heterocycles. The van der Waals surface area contributed by atoms with Crippen molar-refractivity contribution in [3.63, 3.8) is 0 Å². The van der Waals surface area contributed by atoms with Crippen molar-refractivity contribution >= 4 is 5.91 Å². The topological polar surface area (TPSA) is 26.8 Å². The molecule has 2 bridgehead atoms. The number of hydrogen-bond acceptors (Lipinski definition) is 3. The summed E-state index contributed by atoms with van der Waals surface area (Å²) in [6.45, 7) is 9.03. The Hall–Kier alpha value is -1.39. The van der Waals surface area contributed by atoms with Crippen molar-refractivity contribution in [1.82, 2.24) is 14.7 Å². The minimum absolute atomic E-state index is 0.293. The molecule has 1 saturated carbocycles. The summed E-state index contributed by atoms with van der Waals surface area (Å²) < 4.78 is 0. The SMILES string of the molecule is Cc1ccccc1CN1CCC(N2CCC(C(=O)N3C[C@@H]4CCC[C@H]3C4)CC2)CC1. The Kier molecular flexibility index (Phi) is 6.15. The summed E-state index contributed by atoms with van der Waals surface area (Å²) in [7, 11) is 0. The number of rotatable bonds is 4. The molecular weight excluding hydrogens is 370 g/mol. The molecule has 0 unspecified atom stereocenters. The summed E-state index contributed by atoms with van der Waals surface area (Å²) in [6.07, 6.45) is 9.93. The van der Waals surface area contributed by atoms with E-state index in [1.807, 2.05) is 0 Å². The first kappa shape index (κ1) is 20.5. The highest BCUT2D eigenvalue weighted by molar-refractivity contribution is 5.79. The summed E-state index contributed by atoms with van der Waals surface area (Å²) in [4.78, 5) is 20.8. The molecule has 1 aromatic carbocycles. The van der Waals surface area contributed by atoms with Crippen LogP contribution in [0.25, 0.3) is 0 Å². The number of fused-ring (bicyclic) bond motifs is 2. The van der Waals surface area contributed by atoms with Gasteiger partial charge in [-0.25, -0.2) is 0 Å². The molecule has 4 heteroatoms. The van der Waals surface area contributed by atoms with Crippen LogP contribution in [-0.2, 0) is 11.3 Å².